The second-order valence-corrected chi connectivity index (χ2v) is 8.61. The summed E-state index contributed by atoms with van der Waals surface area (Å²) in [5.74, 6) is -0.00738. The van der Waals surface area contributed by atoms with E-state index in [0.717, 1.165) is 10.4 Å². The maximum atomic E-state index is 13.4. The van der Waals surface area contributed by atoms with Gasteiger partial charge in [0.25, 0.3) is 0 Å². The number of benzene rings is 1. The molecular formula is C21H20Cl2F3N3OS. The van der Waals surface area contributed by atoms with E-state index in [0.29, 0.717) is 27.8 Å². The lowest BCUT2D eigenvalue weighted by Crippen LogP contribution is -2.14. The number of nitrogens with zero attached hydrogens (tertiary/aromatic N) is 2. The molecule has 4 nitrogen and oxygen atoms in total. The number of ether oxygens (including phenoxy) is 1. The smallest absolute Gasteiger partial charge is 0.435 e. The van der Waals surface area contributed by atoms with Gasteiger partial charge in [0.1, 0.15) is 6.61 Å². The van der Waals surface area contributed by atoms with E-state index in [-0.39, 0.29) is 24.1 Å². The van der Waals surface area contributed by atoms with Crippen molar-refractivity contribution in [2.24, 2.45) is 0 Å². The fraction of sp³-hybridized carbons (Fsp3) is 0.333. The predicted octanol–water partition coefficient (Wildman–Crippen LogP) is 7.66. The summed E-state index contributed by atoms with van der Waals surface area (Å²) in [7, 11) is 0. The highest BCUT2D eigenvalue weighted by Crippen LogP contribution is 2.41. The van der Waals surface area contributed by atoms with Crippen LogP contribution in [0.2, 0.25) is 10.0 Å². The summed E-state index contributed by atoms with van der Waals surface area (Å²) in [6.07, 6.45) is -4.61. The molecular weight excluding hydrogens is 470 g/mol. The number of alkyl halides is 3. The largest absolute Gasteiger partial charge is 0.473 e. The summed E-state index contributed by atoms with van der Waals surface area (Å²) >= 11 is 14.0. The van der Waals surface area contributed by atoms with Crippen LogP contribution in [0.25, 0.3) is 11.3 Å². The van der Waals surface area contributed by atoms with Gasteiger partial charge in [-0.2, -0.15) is 17.5 Å². The molecule has 166 valence electrons. The summed E-state index contributed by atoms with van der Waals surface area (Å²) in [5, 5.41) is 3.54. The zero-order valence-corrected chi connectivity index (χ0v) is 19.3. The Hall–Kier alpha value is -2.03. The van der Waals surface area contributed by atoms with Crippen molar-refractivity contribution >= 4 is 40.4 Å². The Kier molecular flexibility index (Phi) is 7.34. The van der Waals surface area contributed by atoms with E-state index in [1.807, 2.05) is 13.8 Å². The maximum absolute atomic E-state index is 13.4. The average molecular weight is 490 g/mol. The Balaban J connectivity index is 1.98. The fourth-order valence-corrected chi connectivity index (χ4v) is 4.50. The van der Waals surface area contributed by atoms with E-state index >= 15 is 0 Å². The molecule has 0 amide bonds. The molecule has 0 atom stereocenters. The van der Waals surface area contributed by atoms with Crippen molar-refractivity contribution in [1.82, 2.24) is 9.36 Å². The van der Waals surface area contributed by atoms with Gasteiger partial charge in [-0.15, -0.1) is 0 Å². The number of anilines is 1. The molecule has 1 aromatic carbocycles. The lowest BCUT2D eigenvalue weighted by Gasteiger charge is -2.15. The van der Waals surface area contributed by atoms with Crippen molar-refractivity contribution in [3.8, 4) is 17.1 Å². The van der Waals surface area contributed by atoms with Gasteiger partial charge in [0.2, 0.25) is 5.88 Å². The molecule has 0 saturated heterocycles. The second-order valence-electron chi connectivity index (χ2n) is 6.99. The second kappa shape index (κ2) is 9.63. The number of pyridine rings is 1. The standard InChI is InChI=1S/C21H20Cl2F3N3OS/c1-4-27-15-8-9-16(28-20(15)21(24,25)26)30-10-12-18(29-31-19(12)11(2)3)17-13(22)6-5-7-14(17)23/h5-9,11,27H,4,10H2,1-3H3. The molecule has 0 aliphatic rings. The Bertz CT molecular complexity index is 1050. The van der Waals surface area contributed by atoms with Crippen LogP contribution >= 0.6 is 34.7 Å². The van der Waals surface area contributed by atoms with Gasteiger partial charge in [-0.3, -0.25) is 0 Å². The van der Waals surface area contributed by atoms with E-state index in [9.17, 15) is 13.2 Å². The highest BCUT2D eigenvalue weighted by molar-refractivity contribution is 7.06. The minimum atomic E-state index is -4.61. The molecule has 0 aliphatic carbocycles. The summed E-state index contributed by atoms with van der Waals surface area (Å²) in [6.45, 7) is 6.03. The summed E-state index contributed by atoms with van der Waals surface area (Å²) in [4.78, 5) is 4.63. The molecule has 0 saturated carbocycles. The predicted molar refractivity (Wildman–Crippen MR) is 119 cm³/mol. The normalized spacial score (nSPS) is 11.8. The van der Waals surface area contributed by atoms with Crippen LogP contribution in [0.15, 0.2) is 30.3 Å². The van der Waals surface area contributed by atoms with Crippen molar-refractivity contribution < 1.29 is 17.9 Å². The van der Waals surface area contributed by atoms with Crippen molar-refractivity contribution in [3.05, 3.63) is 56.5 Å². The van der Waals surface area contributed by atoms with Gasteiger partial charge in [0, 0.05) is 28.6 Å². The zero-order valence-electron chi connectivity index (χ0n) is 17.0. The Morgan fingerprint density at radius 3 is 2.39 bits per heavy atom. The Morgan fingerprint density at radius 1 is 1.13 bits per heavy atom. The molecule has 3 rings (SSSR count). The summed E-state index contributed by atoms with van der Waals surface area (Å²) in [6, 6.07) is 7.87. The van der Waals surface area contributed by atoms with Crippen molar-refractivity contribution in [1.29, 1.82) is 0 Å². The number of hydrogen-bond acceptors (Lipinski definition) is 5. The molecule has 2 aromatic heterocycles. The lowest BCUT2D eigenvalue weighted by molar-refractivity contribution is -0.140. The molecule has 31 heavy (non-hydrogen) atoms. The zero-order chi connectivity index (χ0) is 22.8. The molecule has 10 heteroatoms. The SMILES string of the molecule is CCNc1ccc(OCc2c(-c3c(Cl)cccc3Cl)nsc2C(C)C)nc1C(F)(F)F. The number of halogens is 5. The minimum Gasteiger partial charge on any atom is -0.473 e. The quantitative estimate of drug-likeness (QED) is 0.369. The fourth-order valence-electron chi connectivity index (χ4n) is 3.05. The summed E-state index contributed by atoms with van der Waals surface area (Å²) in [5.41, 5.74) is 0.740. The van der Waals surface area contributed by atoms with Crippen LogP contribution in [0.3, 0.4) is 0 Å². The maximum Gasteiger partial charge on any atom is 0.435 e. The lowest BCUT2D eigenvalue weighted by atomic mass is 10.0. The molecule has 2 heterocycles. The number of rotatable bonds is 7. The van der Waals surface area contributed by atoms with Gasteiger partial charge < -0.3 is 10.1 Å². The van der Waals surface area contributed by atoms with E-state index in [1.54, 1.807) is 25.1 Å². The van der Waals surface area contributed by atoms with Gasteiger partial charge in [0.05, 0.1) is 21.4 Å². The van der Waals surface area contributed by atoms with E-state index < -0.39 is 11.9 Å². The van der Waals surface area contributed by atoms with Gasteiger partial charge >= 0.3 is 6.18 Å². The third-order valence-electron chi connectivity index (χ3n) is 4.41. The third kappa shape index (κ3) is 5.25. The molecule has 0 bridgehead atoms. The monoisotopic (exact) mass is 489 g/mol. The van der Waals surface area contributed by atoms with Crippen LogP contribution in [0.5, 0.6) is 5.88 Å². The van der Waals surface area contributed by atoms with Crippen LogP contribution in [-0.2, 0) is 12.8 Å². The molecule has 1 N–H and O–H groups in total. The number of nitrogens with one attached hydrogen (secondary N) is 1. The first-order valence-corrected chi connectivity index (χ1v) is 11.0. The minimum absolute atomic E-state index is 0.0221. The van der Waals surface area contributed by atoms with Gasteiger partial charge in [-0.25, -0.2) is 4.98 Å². The van der Waals surface area contributed by atoms with Gasteiger partial charge in [-0.05, 0) is 42.6 Å². The number of aromatic nitrogens is 2. The van der Waals surface area contributed by atoms with E-state index in [2.05, 4.69) is 14.7 Å². The molecule has 0 spiro atoms. The highest BCUT2D eigenvalue weighted by Gasteiger charge is 2.36. The van der Waals surface area contributed by atoms with Crippen LogP contribution < -0.4 is 10.1 Å². The van der Waals surface area contributed by atoms with Crippen LogP contribution in [0.4, 0.5) is 18.9 Å². The molecule has 0 radical (unpaired) electrons. The third-order valence-corrected chi connectivity index (χ3v) is 6.23. The first kappa shape index (κ1) is 23.6. The Labute approximate surface area is 192 Å². The summed E-state index contributed by atoms with van der Waals surface area (Å²) < 4.78 is 50.5. The van der Waals surface area contributed by atoms with Crippen molar-refractivity contribution in [3.63, 3.8) is 0 Å². The topological polar surface area (TPSA) is 47.0 Å². The highest BCUT2D eigenvalue weighted by atomic mass is 35.5. The molecule has 0 aliphatic heterocycles. The van der Waals surface area contributed by atoms with Crippen LogP contribution in [0, 0.1) is 0 Å². The van der Waals surface area contributed by atoms with Crippen molar-refractivity contribution in [2.45, 2.75) is 39.5 Å². The van der Waals surface area contributed by atoms with Gasteiger partial charge in [-0.1, -0.05) is 43.1 Å². The van der Waals surface area contributed by atoms with E-state index in [4.69, 9.17) is 27.9 Å². The van der Waals surface area contributed by atoms with Crippen molar-refractivity contribution in [2.75, 3.05) is 11.9 Å². The first-order chi connectivity index (χ1) is 14.6. The van der Waals surface area contributed by atoms with E-state index in [1.165, 1.54) is 23.7 Å². The molecule has 0 fully saturated rings. The molecule has 3 aromatic rings. The van der Waals surface area contributed by atoms with Crippen LogP contribution in [0.1, 0.15) is 42.8 Å². The molecule has 0 unspecified atom stereocenters. The van der Waals surface area contributed by atoms with Crippen LogP contribution in [-0.4, -0.2) is 15.9 Å². The van der Waals surface area contributed by atoms with Gasteiger partial charge in [0.15, 0.2) is 5.69 Å². The Morgan fingerprint density at radius 2 is 1.81 bits per heavy atom. The number of hydrogen-bond donors (Lipinski definition) is 1. The average Bonchev–Trinajstić information content (AvgIpc) is 3.10. The first-order valence-electron chi connectivity index (χ1n) is 9.51.